The largest absolute Gasteiger partial charge is 0.386 e. The molecule has 0 spiro atoms. The molecule has 1 atom stereocenters. The van der Waals surface area contributed by atoms with E-state index in [1.54, 1.807) is 0 Å². The van der Waals surface area contributed by atoms with E-state index in [-0.39, 0.29) is 0 Å². The summed E-state index contributed by atoms with van der Waals surface area (Å²) in [5.74, 6) is 0. The number of rotatable bonds is 5. The van der Waals surface area contributed by atoms with Crippen molar-refractivity contribution < 1.29 is 5.11 Å². The summed E-state index contributed by atoms with van der Waals surface area (Å²) in [6.07, 6.45) is 4.78. The van der Waals surface area contributed by atoms with E-state index in [0.29, 0.717) is 0 Å². The molecule has 1 aromatic carbocycles. The highest BCUT2D eigenvalue weighted by molar-refractivity contribution is 6.76. The van der Waals surface area contributed by atoms with Gasteiger partial charge in [-0.3, -0.25) is 0 Å². The number of hydrogen-bond donors (Lipinski definition) is 1. The van der Waals surface area contributed by atoms with E-state index < -0.39 is 13.7 Å². The van der Waals surface area contributed by atoms with Crippen molar-refractivity contribution in [1.29, 1.82) is 0 Å². The fourth-order valence-corrected chi connectivity index (χ4v) is 2.81. The van der Waals surface area contributed by atoms with Gasteiger partial charge in [-0.15, -0.1) is 0 Å². The molecular formula is C15H24OSi. The molecule has 0 saturated heterocycles. The number of aliphatic hydroxyl groups is 1. The van der Waals surface area contributed by atoms with Crippen LogP contribution in [0.1, 0.15) is 18.9 Å². The monoisotopic (exact) mass is 248 g/mol. The van der Waals surface area contributed by atoms with Gasteiger partial charge >= 0.3 is 0 Å². The third-order valence-corrected chi connectivity index (χ3v) is 4.57. The molecule has 0 bridgehead atoms. The third-order valence-electron chi connectivity index (χ3n) is 2.82. The first-order valence-corrected chi connectivity index (χ1v) is 9.96. The van der Waals surface area contributed by atoms with Gasteiger partial charge in [-0.2, -0.15) is 0 Å². The maximum absolute atomic E-state index is 10.3. The van der Waals surface area contributed by atoms with Crippen molar-refractivity contribution >= 4 is 14.1 Å². The molecule has 0 fully saturated rings. The Balaban J connectivity index is 2.57. The standard InChI is InChI=1S/C15H24OSi/c1-15(16,12-13-17(2,3)4)11-10-14-8-6-5-7-9-14/h5-11,16H,12-13H2,1-4H3/b11-10+. The molecule has 1 N–H and O–H groups in total. The molecular weight excluding hydrogens is 224 g/mol. The molecule has 0 aromatic heterocycles. The first-order chi connectivity index (χ1) is 7.79. The van der Waals surface area contributed by atoms with Gasteiger partial charge in [-0.25, -0.2) is 0 Å². The summed E-state index contributed by atoms with van der Waals surface area (Å²) >= 11 is 0. The van der Waals surface area contributed by atoms with Crippen LogP contribution in [0, 0.1) is 0 Å². The highest BCUT2D eigenvalue weighted by atomic mass is 28.3. The van der Waals surface area contributed by atoms with Crippen LogP contribution in [0.5, 0.6) is 0 Å². The van der Waals surface area contributed by atoms with Gasteiger partial charge in [0.15, 0.2) is 0 Å². The van der Waals surface area contributed by atoms with Crippen LogP contribution < -0.4 is 0 Å². The van der Waals surface area contributed by atoms with Crippen LogP contribution in [0.15, 0.2) is 36.4 Å². The molecule has 0 amide bonds. The summed E-state index contributed by atoms with van der Waals surface area (Å²) < 4.78 is 0. The van der Waals surface area contributed by atoms with E-state index in [1.807, 2.05) is 49.4 Å². The van der Waals surface area contributed by atoms with Crippen molar-refractivity contribution in [2.24, 2.45) is 0 Å². The molecule has 1 aromatic rings. The van der Waals surface area contributed by atoms with Gasteiger partial charge < -0.3 is 5.11 Å². The van der Waals surface area contributed by atoms with E-state index in [9.17, 15) is 5.11 Å². The first-order valence-electron chi connectivity index (χ1n) is 6.25. The van der Waals surface area contributed by atoms with Crippen LogP contribution in [0.3, 0.4) is 0 Å². The summed E-state index contributed by atoms with van der Waals surface area (Å²) in [5, 5.41) is 10.3. The van der Waals surface area contributed by atoms with Gasteiger partial charge in [0.1, 0.15) is 0 Å². The lowest BCUT2D eigenvalue weighted by atomic mass is 10.0. The predicted octanol–water partition coefficient (Wildman–Crippen LogP) is 4.18. The lowest BCUT2D eigenvalue weighted by molar-refractivity contribution is 0.108. The number of hydrogen-bond acceptors (Lipinski definition) is 1. The van der Waals surface area contributed by atoms with Gasteiger partial charge in [-0.05, 0) is 18.9 Å². The van der Waals surface area contributed by atoms with Crippen LogP contribution in [0.4, 0.5) is 0 Å². The summed E-state index contributed by atoms with van der Waals surface area (Å²) in [7, 11) is -1.07. The van der Waals surface area contributed by atoms with Crippen LogP contribution in [-0.2, 0) is 0 Å². The minimum absolute atomic E-state index is 0.684. The summed E-state index contributed by atoms with van der Waals surface area (Å²) in [4.78, 5) is 0. The predicted molar refractivity (Wildman–Crippen MR) is 78.9 cm³/mol. The Hall–Kier alpha value is -0.863. The maximum Gasteiger partial charge on any atom is 0.0800 e. The molecule has 1 rings (SSSR count). The Morgan fingerprint density at radius 3 is 2.29 bits per heavy atom. The van der Waals surface area contributed by atoms with E-state index >= 15 is 0 Å². The molecule has 0 radical (unpaired) electrons. The molecule has 1 nitrogen and oxygen atoms in total. The van der Waals surface area contributed by atoms with Crippen molar-refractivity contribution in [3.05, 3.63) is 42.0 Å². The lowest BCUT2D eigenvalue weighted by Gasteiger charge is -2.24. The van der Waals surface area contributed by atoms with Crippen molar-refractivity contribution in [2.45, 2.75) is 44.6 Å². The molecule has 0 aliphatic carbocycles. The van der Waals surface area contributed by atoms with E-state index in [1.165, 1.54) is 0 Å². The Morgan fingerprint density at radius 2 is 1.76 bits per heavy atom. The SMILES string of the molecule is CC(O)(/C=C/c1ccccc1)CC[Si](C)(C)C. The molecule has 0 aliphatic rings. The minimum Gasteiger partial charge on any atom is -0.386 e. The summed E-state index contributed by atoms with van der Waals surface area (Å²) in [6.45, 7) is 8.91. The highest BCUT2D eigenvalue weighted by Crippen LogP contribution is 2.21. The zero-order valence-electron chi connectivity index (χ0n) is 11.4. The van der Waals surface area contributed by atoms with E-state index in [0.717, 1.165) is 18.0 Å². The lowest BCUT2D eigenvalue weighted by Crippen LogP contribution is -2.27. The second-order valence-electron chi connectivity index (χ2n) is 6.16. The summed E-state index contributed by atoms with van der Waals surface area (Å²) in [6, 6.07) is 11.3. The van der Waals surface area contributed by atoms with Crippen LogP contribution in [0.25, 0.3) is 6.08 Å². The second-order valence-corrected chi connectivity index (χ2v) is 11.8. The molecule has 94 valence electrons. The Kier molecular flexibility index (Phi) is 4.72. The summed E-state index contributed by atoms with van der Waals surface area (Å²) in [5.41, 5.74) is 0.455. The van der Waals surface area contributed by atoms with Crippen molar-refractivity contribution in [2.75, 3.05) is 0 Å². The molecule has 0 aliphatic heterocycles. The molecule has 1 unspecified atom stereocenters. The zero-order chi connectivity index (χ0) is 12.9. The van der Waals surface area contributed by atoms with Crippen LogP contribution in [-0.4, -0.2) is 18.8 Å². The third kappa shape index (κ3) is 6.44. The normalized spacial score (nSPS) is 16.1. The fourth-order valence-electron chi connectivity index (χ4n) is 1.55. The van der Waals surface area contributed by atoms with Gasteiger partial charge in [0.05, 0.1) is 5.60 Å². The van der Waals surface area contributed by atoms with Crippen molar-refractivity contribution in [3.63, 3.8) is 0 Å². The van der Waals surface area contributed by atoms with E-state index in [4.69, 9.17) is 0 Å². The minimum atomic E-state index is -1.07. The van der Waals surface area contributed by atoms with E-state index in [2.05, 4.69) is 19.6 Å². The number of benzene rings is 1. The van der Waals surface area contributed by atoms with Crippen LogP contribution >= 0.6 is 0 Å². The molecule has 0 saturated carbocycles. The quantitative estimate of drug-likeness (QED) is 0.775. The van der Waals surface area contributed by atoms with Crippen LogP contribution in [0.2, 0.25) is 25.7 Å². The first kappa shape index (κ1) is 14.2. The smallest absolute Gasteiger partial charge is 0.0800 e. The van der Waals surface area contributed by atoms with Crippen molar-refractivity contribution in [3.8, 4) is 0 Å². The molecule has 2 heteroatoms. The van der Waals surface area contributed by atoms with Gasteiger partial charge in [0.2, 0.25) is 0 Å². The topological polar surface area (TPSA) is 20.2 Å². The van der Waals surface area contributed by atoms with Gasteiger partial charge in [0.25, 0.3) is 0 Å². The Bertz CT molecular complexity index is 360. The van der Waals surface area contributed by atoms with Gasteiger partial charge in [0, 0.05) is 8.07 Å². The molecule has 0 heterocycles. The van der Waals surface area contributed by atoms with Crippen molar-refractivity contribution in [1.82, 2.24) is 0 Å². The highest BCUT2D eigenvalue weighted by Gasteiger charge is 2.21. The van der Waals surface area contributed by atoms with Gasteiger partial charge in [-0.1, -0.05) is 68.2 Å². The second kappa shape index (κ2) is 5.65. The fraction of sp³-hybridized carbons (Fsp3) is 0.467. The average Bonchev–Trinajstić information content (AvgIpc) is 2.25. The Labute approximate surface area is 106 Å². The Morgan fingerprint density at radius 1 is 1.18 bits per heavy atom. The molecule has 17 heavy (non-hydrogen) atoms. The maximum atomic E-state index is 10.3. The average molecular weight is 248 g/mol. The zero-order valence-corrected chi connectivity index (χ0v) is 12.4.